The molecule has 1 atom stereocenters. The summed E-state index contributed by atoms with van der Waals surface area (Å²) in [7, 11) is 0. The zero-order valence-electron chi connectivity index (χ0n) is 16.1. The standard InChI is InChI=1S/C19H32N4O3.HI/c1-2-21-19(23-14-18(24)17-4-9-20-10-5-17)22-8-3-11-26-15-16-6-12-25-13-7-16;/h4-5,9-10,16,18,24H,2-3,6-8,11-15H2,1H3,(H2,21,22,23);1H. The topological polar surface area (TPSA) is 88.0 Å². The molecule has 8 heteroatoms. The summed E-state index contributed by atoms with van der Waals surface area (Å²) in [6, 6.07) is 3.60. The molecule has 1 aliphatic rings. The Hall–Kier alpha value is -0.970. The number of hydrogen-bond acceptors (Lipinski definition) is 5. The number of hydrogen-bond donors (Lipinski definition) is 3. The number of aliphatic hydroxyl groups excluding tert-OH is 1. The van der Waals surface area contributed by atoms with Gasteiger partial charge in [-0.2, -0.15) is 0 Å². The minimum Gasteiger partial charge on any atom is -0.386 e. The molecule has 0 spiro atoms. The van der Waals surface area contributed by atoms with E-state index < -0.39 is 6.10 Å². The predicted molar refractivity (Wildman–Crippen MR) is 118 cm³/mol. The molecule has 7 nitrogen and oxygen atoms in total. The van der Waals surface area contributed by atoms with Crippen molar-refractivity contribution in [3.63, 3.8) is 0 Å². The van der Waals surface area contributed by atoms with Gasteiger partial charge in [0.25, 0.3) is 0 Å². The van der Waals surface area contributed by atoms with E-state index in [0.717, 1.165) is 64.3 Å². The molecule has 0 bridgehead atoms. The minimum atomic E-state index is -0.628. The second-order valence-electron chi connectivity index (χ2n) is 6.43. The summed E-state index contributed by atoms with van der Waals surface area (Å²) >= 11 is 0. The fourth-order valence-electron chi connectivity index (χ4n) is 2.75. The van der Waals surface area contributed by atoms with Crippen molar-refractivity contribution in [1.29, 1.82) is 0 Å². The van der Waals surface area contributed by atoms with Crippen LogP contribution in [-0.4, -0.2) is 62.1 Å². The van der Waals surface area contributed by atoms with Crippen LogP contribution in [0.2, 0.25) is 0 Å². The highest BCUT2D eigenvalue weighted by Gasteiger charge is 2.13. The third-order valence-electron chi connectivity index (χ3n) is 4.31. The summed E-state index contributed by atoms with van der Waals surface area (Å²) in [6.07, 6.45) is 5.85. The normalized spacial score (nSPS) is 16.4. The van der Waals surface area contributed by atoms with Crippen LogP contribution in [0.5, 0.6) is 0 Å². The Balaban J connectivity index is 0.00000364. The Labute approximate surface area is 179 Å². The number of rotatable bonds is 10. The molecule has 154 valence electrons. The molecule has 27 heavy (non-hydrogen) atoms. The molecule has 0 saturated carbocycles. The van der Waals surface area contributed by atoms with Crippen molar-refractivity contribution >= 4 is 29.9 Å². The number of guanidine groups is 1. The molecule has 1 aliphatic heterocycles. The SMILES string of the molecule is CCNC(=NCC(O)c1ccncc1)NCCCOCC1CCOCC1.I. The van der Waals surface area contributed by atoms with Crippen LogP contribution in [-0.2, 0) is 9.47 Å². The summed E-state index contributed by atoms with van der Waals surface area (Å²) < 4.78 is 11.1. The number of ether oxygens (including phenoxy) is 2. The van der Waals surface area contributed by atoms with E-state index in [1.54, 1.807) is 24.5 Å². The summed E-state index contributed by atoms with van der Waals surface area (Å²) in [5.74, 6) is 1.36. The van der Waals surface area contributed by atoms with Gasteiger partial charge in [-0.15, -0.1) is 24.0 Å². The maximum absolute atomic E-state index is 10.2. The first-order valence-corrected chi connectivity index (χ1v) is 9.55. The lowest BCUT2D eigenvalue weighted by Gasteiger charge is -2.21. The van der Waals surface area contributed by atoms with Crippen molar-refractivity contribution in [2.45, 2.75) is 32.3 Å². The van der Waals surface area contributed by atoms with Crippen molar-refractivity contribution in [1.82, 2.24) is 15.6 Å². The molecule has 1 unspecified atom stereocenters. The van der Waals surface area contributed by atoms with Crippen LogP contribution in [0.3, 0.4) is 0 Å². The van der Waals surface area contributed by atoms with E-state index in [-0.39, 0.29) is 24.0 Å². The third-order valence-corrected chi connectivity index (χ3v) is 4.31. The average Bonchev–Trinajstić information content (AvgIpc) is 2.69. The van der Waals surface area contributed by atoms with Gasteiger partial charge < -0.3 is 25.2 Å². The molecule has 1 saturated heterocycles. The molecule has 3 N–H and O–H groups in total. The molecule has 0 aliphatic carbocycles. The van der Waals surface area contributed by atoms with Crippen LogP contribution in [0.25, 0.3) is 0 Å². The lowest BCUT2D eigenvalue weighted by atomic mass is 10.0. The van der Waals surface area contributed by atoms with E-state index in [4.69, 9.17) is 9.47 Å². The van der Waals surface area contributed by atoms with Gasteiger partial charge in [0, 0.05) is 51.9 Å². The van der Waals surface area contributed by atoms with Crippen molar-refractivity contribution in [2.75, 3.05) is 46.1 Å². The molecule has 0 radical (unpaired) electrons. The summed E-state index contributed by atoms with van der Waals surface area (Å²) in [4.78, 5) is 8.41. The van der Waals surface area contributed by atoms with E-state index >= 15 is 0 Å². The fourth-order valence-corrected chi connectivity index (χ4v) is 2.75. The van der Waals surface area contributed by atoms with Gasteiger partial charge in [-0.25, -0.2) is 0 Å². The zero-order valence-corrected chi connectivity index (χ0v) is 18.4. The van der Waals surface area contributed by atoms with Crippen LogP contribution < -0.4 is 10.6 Å². The fraction of sp³-hybridized carbons (Fsp3) is 0.684. The average molecular weight is 492 g/mol. The summed E-state index contributed by atoms with van der Waals surface area (Å²) in [6.45, 7) is 7.18. The van der Waals surface area contributed by atoms with Gasteiger partial charge in [0.1, 0.15) is 0 Å². The molecule has 0 amide bonds. The van der Waals surface area contributed by atoms with E-state index in [2.05, 4.69) is 20.6 Å². The Bertz CT molecular complexity index is 513. The van der Waals surface area contributed by atoms with E-state index in [9.17, 15) is 5.11 Å². The molecule has 1 fully saturated rings. The third kappa shape index (κ3) is 10.2. The molecule has 1 aromatic rings. The first-order chi connectivity index (χ1) is 12.8. The van der Waals surface area contributed by atoms with Gasteiger partial charge in [0.2, 0.25) is 0 Å². The monoisotopic (exact) mass is 492 g/mol. The first-order valence-electron chi connectivity index (χ1n) is 9.55. The van der Waals surface area contributed by atoms with Crippen molar-refractivity contribution in [2.24, 2.45) is 10.9 Å². The van der Waals surface area contributed by atoms with Crippen LogP contribution in [0, 0.1) is 5.92 Å². The molecule has 1 aromatic heterocycles. The second kappa shape index (κ2) is 15.0. The second-order valence-corrected chi connectivity index (χ2v) is 6.43. The number of halogens is 1. The number of aliphatic hydroxyl groups is 1. The number of nitrogens with zero attached hydrogens (tertiary/aromatic N) is 2. The van der Waals surface area contributed by atoms with Crippen LogP contribution in [0.4, 0.5) is 0 Å². The Kier molecular flexibility index (Phi) is 13.4. The zero-order chi connectivity index (χ0) is 18.5. The Morgan fingerprint density at radius 2 is 2.07 bits per heavy atom. The summed E-state index contributed by atoms with van der Waals surface area (Å²) in [5.41, 5.74) is 0.820. The molecular weight excluding hydrogens is 459 g/mol. The smallest absolute Gasteiger partial charge is 0.191 e. The highest BCUT2D eigenvalue weighted by atomic mass is 127. The van der Waals surface area contributed by atoms with Gasteiger partial charge in [-0.1, -0.05) is 0 Å². The van der Waals surface area contributed by atoms with Gasteiger partial charge in [0.05, 0.1) is 12.6 Å². The van der Waals surface area contributed by atoms with Gasteiger partial charge >= 0.3 is 0 Å². The van der Waals surface area contributed by atoms with Crippen LogP contribution in [0.1, 0.15) is 37.9 Å². The highest BCUT2D eigenvalue weighted by Crippen LogP contribution is 2.14. The van der Waals surface area contributed by atoms with E-state index in [0.29, 0.717) is 18.4 Å². The maximum Gasteiger partial charge on any atom is 0.191 e. The van der Waals surface area contributed by atoms with Crippen molar-refractivity contribution in [3.8, 4) is 0 Å². The first kappa shape index (κ1) is 24.1. The van der Waals surface area contributed by atoms with E-state index in [1.165, 1.54) is 0 Å². The van der Waals surface area contributed by atoms with Crippen LogP contribution in [0.15, 0.2) is 29.5 Å². The van der Waals surface area contributed by atoms with Gasteiger partial charge in [-0.3, -0.25) is 9.98 Å². The highest BCUT2D eigenvalue weighted by molar-refractivity contribution is 14.0. The minimum absolute atomic E-state index is 0. The molecule has 2 heterocycles. The number of aliphatic imine (C=N–C) groups is 1. The van der Waals surface area contributed by atoms with Crippen molar-refractivity contribution < 1.29 is 14.6 Å². The quantitative estimate of drug-likeness (QED) is 0.201. The van der Waals surface area contributed by atoms with Crippen molar-refractivity contribution in [3.05, 3.63) is 30.1 Å². The van der Waals surface area contributed by atoms with Gasteiger partial charge in [-0.05, 0) is 49.8 Å². The predicted octanol–water partition coefficient (Wildman–Crippen LogP) is 2.12. The molecule has 2 rings (SSSR count). The largest absolute Gasteiger partial charge is 0.386 e. The van der Waals surface area contributed by atoms with Crippen LogP contribution >= 0.6 is 24.0 Å². The lowest BCUT2D eigenvalue weighted by Crippen LogP contribution is -2.38. The Morgan fingerprint density at radius 1 is 1.33 bits per heavy atom. The Morgan fingerprint density at radius 3 is 2.78 bits per heavy atom. The molecule has 0 aromatic carbocycles. The van der Waals surface area contributed by atoms with E-state index in [1.807, 2.05) is 6.92 Å². The maximum atomic E-state index is 10.2. The summed E-state index contributed by atoms with van der Waals surface area (Å²) in [5, 5.41) is 16.7. The number of aromatic nitrogens is 1. The number of pyridine rings is 1. The van der Waals surface area contributed by atoms with Gasteiger partial charge in [0.15, 0.2) is 5.96 Å². The lowest BCUT2D eigenvalue weighted by molar-refractivity contribution is 0.0203. The number of nitrogens with one attached hydrogen (secondary N) is 2. The molecular formula is C19H33IN4O3.